The maximum atomic E-state index is 12.5. The summed E-state index contributed by atoms with van der Waals surface area (Å²) in [5, 5.41) is 5.93. The minimum Gasteiger partial charge on any atom is -0.326 e. The average Bonchev–Trinajstić information content (AvgIpc) is 2.65. The molecule has 1 heterocycles. The number of nitrogens with zero attached hydrogens (tertiary/aromatic N) is 1. The van der Waals surface area contributed by atoms with E-state index in [0.29, 0.717) is 13.1 Å². The lowest BCUT2D eigenvalue weighted by Gasteiger charge is -2.31. The number of aryl methyl sites for hydroxylation is 1. The number of anilines is 2. The molecule has 27 heavy (non-hydrogen) atoms. The third kappa shape index (κ3) is 5.65. The molecule has 0 bridgehead atoms. The van der Waals surface area contributed by atoms with Gasteiger partial charge in [0.15, 0.2) is 0 Å². The molecule has 0 saturated carbocycles. The third-order valence-corrected chi connectivity index (χ3v) is 5.24. The highest BCUT2D eigenvalue weighted by atomic mass is 79.9. The van der Waals surface area contributed by atoms with Gasteiger partial charge in [0.2, 0.25) is 11.8 Å². The van der Waals surface area contributed by atoms with Crippen molar-refractivity contribution in [2.75, 3.05) is 30.3 Å². The van der Waals surface area contributed by atoms with E-state index in [0.717, 1.165) is 40.8 Å². The van der Waals surface area contributed by atoms with Gasteiger partial charge in [0.1, 0.15) is 0 Å². The highest BCUT2D eigenvalue weighted by Crippen LogP contribution is 2.21. The van der Waals surface area contributed by atoms with E-state index < -0.39 is 0 Å². The molecular formula is C21H24BrN3O2. The monoisotopic (exact) mass is 429 g/mol. The minimum absolute atomic E-state index is 0.0232. The van der Waals surface area contributed by atoms with Crippen molar-refractivity contribution in [2.24, 2.45) is 5.92 Å². The van der Waals surface area contributed by atoms with Gasteiger partial charge in [-0.3, -0.25) is 14.5 Å². The van der Waals surface area contributed by atoms with Gasteiger partial charge in [-0.1, -0.05) is 34.1 Å². The fraction of sp³-hybridized carbons (Fsp3) is 0.333. The lowest BCUT2D eigenvalue weighted by atomic mass is 9.97. The normalized spacial score (nSPS) is 17.3. The van der Waals surface area contributed by atoms with E-state index >= 15 is 0 Å². The topological polar surface area (TPSA) is 61.4 Å². The molecule has 1 fully saturated rings. The molecule has 1 atom stereocenters. The van der Waals surface area contributed by atoms with Crippen LogP contribution in [0.2, 0.25) is 0 Å². The summed E-state index contributed by atoms with van der Waals surface area (Å²) in [7, 11) is 0. The van der Waals surface area contributed by atoms with Gasteiger partial charge in [0.25, 0.3) is 0 Å². The van der Waals surface area contributed by atoms with Crippen LogP contribution in [0.5, 0.6) is 0 Å². The molecule has 0 spiro atoms. The lowest BCUT2D eigenvalue weighted by Crippen LogP contribution is -2.44. The Morgan fingerprint density at radius 1 is 1.15 bits per heavy atom. The standard InChI is InChI=1S/C21H24BrN3O2/c1-15-12-17(22)9-10-19(15)24-20(26)14-25-11-5-6-16(13-25)21(27)23-18-7-3-2-4-8-18/h2-4,7-10,12,16H,5-6,11,13-14H2,1H3,(H,23,27)(H,24,26)/t16-/m1/s1. The van der Waals surface area contributed by atoms with Crippen molar-refractivity contribution in [1.82, 2.24) is 4.90 Å². The first-order valence-electron chi connectivity index (χ1n) is 9.15. The fourth-order valence-corrected chi connectivity index (χ4v) is 3.81. The molecule has 2 N–H and O–H groups in total. The van der Waals surface area contributed by atoms with Gasteiger partial charge in [-0.15, -0.1) is 0 Å². The van der Waals surface area contributed by atoms with E-state index in [4.69, 9.17) is 0 Å². The SMILES string of the molecule is Cc1cc(Br)ccc1NC(=O)CN1CCC[C@@H](C(=O)Nc2ccccc2)C1. The number of halogens is 1. The van der Waals surface area contributed by atoms with Crippen LogP contribution in [0.25, 0.3) is 0 Å². The van der Waals surface area contributed by atoms with Crippen molar-refractivity contribution in [3.05, 3.63) is 58.6 Å². The van der Waals surface area contributed by atoms with Crippen LogP contribution in [0.3, 0.4) is 0 Å². The maximum Gasteiger partial charge on any atom is 0.238 e. The lowest BCUT2D eigenvalue weighted by molar-refractivity contribution is -0.123. The molecule has 2 aromatic carbocycles. The molecule has 1 aliphatic heterocycles. The molecule has 1 aliphatic rings. The molecule has 3 rings (SSSR count). The van der Waals surface area contributed by atoms with E-state index in [1.165, 1.54) is 0 Å². The number of rotatable bonds is 5. The Hall–Kier alpha value is -2.18. The number of carbonyl (C=O) groups excluding carboxylic acids is 2. The molecule has 2 aromatic rings. The molecule has 5 nitrogen and oxygen atoms in total. The van der Waals surface area contributed by atoms with Crippen LogP contribution in [0, 0.1) is 12.8 Å². The summed E-state index contributed by atoms with van der Waals surface area (Å²) in [6, 6.07) is 15.3. The number of amides is 2. The van der Waals surface area contributed by atoms with Gasteiger partial charge >= 0.3 is 0 Å². The second-order valence-electron chi connectivity index (χ2n) is 6.94. The van der Waals surface area contributed by atoms with Crippen LogP contribution in [0.1, 0.15) is 18.4 Å². The van der Waals surface area contributed by atoms with E-state index in [-0.39, 0.29) is 17.7 Å². The van der Waals surface area contributed by atoms with Crippen molar-refractivity contribution in [3.63, 3.8) is 0 Å². The smallest absolute Gasteiger partial charge is 0.238 e. The van der Waals surface area contributed by atoms with Gasteiger partial charge in [-0.25, -0.2) is 0 Å². The van der Waals surface area contributed by atoms with Crippen molar-refractivity contribution in [1.29, 1.82) is 0 Å². The molecule has 0 radical (unpaired) electrons. The van der Waals surface area contributed by atoms with E-state index in [1.807, 2.05) is 55.5 Å². The summed E-state index contributed by atoms with van der Waals surface area (Å²) in [5.41, 5.74) is 2.64. The predicted octanol–water partition coefficient (Wildman–Crippen LogP) is 4.05. The summed E-state index contributed by atoms with van der Waals surface area (Å²) in [5.74, 6) is -0.124. The van der Waals surface area contributed by atoms with Crippen LogP contribution >= 0.6 is 15.9 Å². The van der Waals surface area contributed by atoms with Crippen molar-refractivity contribution >= 4 is 39.1 Å². The Morgan fingerprint density at radius 2 is 1.93 bits per heavy atom. The van der Waals surface area contributed by atoms with E-state index in [9.17, 15) is 9.59 Å². The van der Waals surface area contributed by atoms with Crippen molar-refractivity contribution < 1.29 is 9.59 Å². The van der Waals surface area contributed by atoms with Crippen LogP contribution in [-0.4, -0.2) is 36.3 Å². The van der Waals surface area contributed by atoms with Gasteiger partial charge in [-0.2, -0.15) is 0 Å². The van der Waals surface area contributed by atoms with Crippen LogP contribution in [-0.2, 0) is 9.59 Å². The first kappa shape index (κ1) is 19.6. The summed E-state index contributed by atoms with van der Waals surface area (Å²) in [4.78, 5) is 27.0. The second-order valence-corrected chi connectivity index (χ2v) is 7.85. The number of benzene rings is 2. The first-order valence-corrected chi connectivity index (χ1v) is 9.95. The number of carbonyl (C=O) groups is 2. The predicted molar refractivity (Wildman–Crippen MR) is 112 cm³/mol. The summed E-state index contributed by atoms with van der Waals surface area (Å²) >= 11 is 3.43. The fourth-order valence-electron chi connectivity index (χ4n) is 3.34. The minimum atomic E-state index is -0.0961. The number of nitrogens with one attached hydrogen (secondary N) is 2. The third-order valence-electron chi connectivity index (χ3n) is 4.75. The Labute approximate surface area is 168 Å². The Kier molecular flexibility index (Phi) is 6.63. The van der Waals surface area contributed by atoms with Crippen LogP contribution < -0.4 is 10.6 Å². The van der Waals surface area contributed by atoms with Gasteiger partial charge in [0.05, 0.1) is 12.5 Å². The van der Waals surface area contributed by atoms with Gasteiger partial charge in [-0.05, 0) is 62.2 Å². The van der Waals surface area contributed by atoms with Crippen molar-refractivity contribution in [2.45, 2.75) is 19.8 Å². The molecule has 142 valence electrons. The molecule has 0 unspecified atom stereocenters. The van der Waals surface area contributed by atoms with Gasteiger partial charge in [0, 0.05) is 22.4 Å². The second kappa shape index (κ2) is 9.15. The maximum absolute atomic E-state index is 12.5. The molecule has 6 heteroatoms. The Morgan fingerprint density at radius 3 is 2.67 bits per heavy atom. The van der Waals surface area contributed by atoms with Crippen LogP contribution in [0.4, 0.5) is 11.4 Å². The number of hydrogen-bond acceptors (Lipinski definition) is 3. The summed E-state index contributed by atoms with van der Waals surface area (Å²) in [6.07, 6.45) is 1.76. The number of likely N-dealkylation sites (tertiary alicyclic amines) is 1. The Balaban J connectivity index is 1.53. The molecule has 2 amide bonds. The average molecular weight is 430 g/mol. The van der Waals surface area contributed by atoms with E-state index in [2.05, 4.69) is 31.5 Å². The number of para-hydroxylation sites is 1. The zero-order valence-corrected chi connectivity index (χ0v) is 17.0. The quantitative estimate of drug-likeness (QED) is 0.753. The van der Waals surface area contributed by atoms with Crippen LogP contribution in [0.15, 0.2) is 53.0 Å². The largest absolute Gasteiger partial charge is 0.326 e. The molecule has 0 aliphatic carbocycles. The zero-order chi connectivity index (χ0) is 19.2. The zero-order valence-electron chi connectivity index (χ0n) is 15.4. The highest BCUT2D eigenvalue weighted by molar-refractivity contribution is 9.10. The Bertz CT molecular complexity index is 810. The summed E-state index contributed by atoms with van der Waals surface area (Å²) < 4.78 is 0.987. The molecular weight excluding hydrogens is 406 g/mol. The van der Waals surface area contributed by atoms with Crippen molar-refractivity contribution in [3.8, 4) is 0 Å². The summed E-state index contributed by atoms with van der Waals surface area (Å²) in [6.45, 7) is 3.70. The van der Waals surface area contributed by atoms with E-state index in [1.54, 1.807) is 0 Å². The van der Waals surface area contributed by atoms with Gasteiger partial charge < -0.3 is 10.6 Å². The molecule has 0 aromatic heterocycles. The number of hydrogen-bond donors (Lipinski definition) is 2. The number of piperidine rings is 1. The first-order chi connectivity index (χ1) is 13.0. The molecule has 1 saturated heterocycles. The highest BCUT2D eigenvalue weighted by Gasteiger charge is 2.27.